The Morgan fingerprint density at radius 3 is 2.56 bits per heavy atom. The Labute approximate surface area is 170 Å². The van der Waals surface area contributed by atoms with Gasteiger partial charge in [0.05, 0.1) is 6.54 Å². The van der Waals surface area contributed by atoms with E-state index in [-0.39, 0.29) is 24.0 Å². The van der Waals surface area contributed by atoms with E-state index in [0.717, 1.165) is 32.0 Å². The third kappa shape index (κ3) is 7.94. The molecular weight excluding hydrogens is 423 g/mol. The van der Waals surface area contributed by atoms with Crippen molar-refractivity contribution in [3.05, 3.63) is 35.4 Å². The number of nitrogens with one attached hydrogen (secondary N) is 1. The lowest BCUT2D eigenvalue weighted by molar-refractivity contribution is 0.184. The van der Waals surface area contributed by atoms with Crippen LogP contribution in [0.2, 0.25) is 0 Å². The van der Waals surface area contributed by atoms with Gasteiger partial charge in [-0.2, -0.15) is 0 Å². The standard InChI is InChI=1S/C20H34N4.HI/c1-3-4-14-22-20(21)23-15-17-10-8-9-11-18(17)16-24(2)19-12-6-5-7-13-19;/h8-11,19H,3-7,12-16H2,1-2H3,(H3,21,22,23);1H. The van der Waals surface area contributed by atoms with Gasteiger partial charge in [-0.15, -0.1) is 24.0 Å². The molecule has 0 heterocycles. The van der Waals surface area contributed by atoms with Gasteiger partial charge in [0.1, 0.15) is 0 Å². The topological polar surface area (TPSA) is 53.6 Å². The molecule has 0 unspecified atom stereocenters. The lowest BCUT2D eigenvalue weighted by atomic mass is 9.94. The summed E-state index contributed by atoms with van der Waals surface area (Å²) in [7, 11) is 2.26. The normalized spacial score (nSPS) is 15.9. The van der Waals surface area contributed by atoms with E-state index < -0.39 is 0 Å². The number of aliphatic imine (C=N–C) groups is 1. The second kappa shape index (κ2) is 12.5. The first-order valence-electron chi connectivity index (χ1n) is 9.51. The Bertz CT molecular complexity index is 512. The number of hydrogen-bond donors (Lipinski definition) is 2. The molecule has 0 radical (unpaired) electrons. The maximum absolute atomic E-state index is 5.96. The second-order valence-electron chi connectivity index (χ2n) is 6.96. The largest absolute Gasteiger partial charge is 0.370 e. The molecule has 1 aliphatic carbocycles. The van der Waals surface area contributed by atoms with Crippen LogP contribution in [-0.4, -0.2) is 30.5 Å². The minimum absolute atomic E-state index is 0. The first-order chi connectivity index (χ1) is 11.7. The van der Waals surface area contributed by atoms with Gasteiger partial charge in [-0.3, -0.25) is 4.90 Å². The monoisotopic (exact) mass is 458 g/mol. The Balaban J connectivity index is 0.00000312. The number of nitrogens with zero attached hydrogens (tertiary/aromatic N) is 2. The van der Waals surface area contributed by atoms with Crippen molar-refractivity contribution in [1.29, 1.82) is 0 Å². The molecule has 0 atom stereocenters. The molecule has 1 fully saturated rings. The van der Waals surface area contributed by atoms with Gasteiger partial charge in [-0.1, -0.05) is 56.9 Å². The van der Waals surface area contributed by atoms with Gasteiger partial charge >= 0.3 is 0 Å². The average molecular weight is 458 g/mol. The molecule has 1 saturated carbocycles. The zero-order chi connectivity index (χ0) is 17.2. The third-order valence-corrected chi connectivity index (χ3v) is 4.99. The molecule has 0 aromatic heterocycles. The molecule has 142 valence electrons. The van der Waals surface area contributed by atoms with Crippen molar-refractivity contribution >= 4 is 29.9 Å². The van der Waals surface area contributed by atoms with Gasteiger partial charge in [0.2, 0.25) is 0 Å². The van der Waals surface area contributed by atoms with Crippen LogP contribution < -0.4 is 11.1 Å². The van der Waals surface area contributed by atoms with Crippen molar-refractivity contribution in [1.82, 2.24) is 10.2 Å². The van der Waals surface area contributed by atoms with Crippen molar-refractivity contribution in [2.75, 3.05) is 13.6 Å². The molecule has 25 heavy (non-hydrogen) atoms. The molecule has 0 saturated heterocycles. The fourth-order valence-corrected chi connectivity index (χ4v) is 3.41. The summed E-state index contributed by atoms with van der Waals surface area (Å²) >= 11 is 0. The number of rotatable bonds is 8. The van der Waals surface area contributed by atoms with E-state index in [4.69, 9.17) is 5.73 Å². The van der Waals surface area contributed by atoms with Crippen molar-refractivity contribution in [3.8, 4) is 0 Å². The van der Waals surface area contributed by atoms with Gasteiger partial charge in [0.15, 0.2) is 5.96 Å². The summed E-state index contributed by atoms with van der Waals surface area (Å²) < 4.78 is 0. The number of hydrogen-bond acceptors (Lipinski definition) is 2. The summed E-state index contributed by atoms with van der Waals surface area (Å²) in [6.45, 7) is 4.73. The zero-order valence-electron chi connectivity index (χ0n) is 15.8. The number of benzene rings is 1. The van der Waals surface area contributed by atoms with Crippen LogP contribution in [0.4, 0.5) is 0 Å². The third-order valence-electron chi connectivity index (χ3n) is 4.99. The molecule has 0 bridgehead atoms. The first-order valence-corrected chi connectivity index (χ1v) is 9.51. The van der Waals surface area contributed by atoms with Crippen molar-refractivity contribution in [2.45, 2.75) is 71.0 Å². The Hall–Kier alpha value is -0.820. The van der Waals surface area contributed by atoms with Crippen molar-refractivity contribution in [3.63, 3.8) is 0 Å². The van der Waals surface area contributed by atoms with Crippen LogP contribution in [0.15, 0.2) is 29.3 Å². The minimum Gasteiger partial charge on any atom is -0.370 e. The van der Waals surface area contributed by atoms with E-state index in [2.05, 4.69) is 53.4 Å². The van der Waals surface area contributed by atoms with Gasteiger partial charge in [0, 0.05) is 19.1 Å². The van der Waals surface area contributed by atoms with E-state index in [0.29, 0.717) is 12.5 Å². The quantitative estimate of drug-likeness (QED) is 0.265. The summed E-state index contributed by atoms with van der Waals surface area (Å²) in [5.74, 6) is 0.555. The maximum Gasteiger partial charge on any atom is 0.188 e. The van der Waals surface area contributed by atoms with Gasteiger partial charge in [-0.25, -0.2) is 4.99 Å². The maximum atomic E-state index is 5.96. The van der Waals surface area contributed by atoms with E-state index in [9.17, 15) is 0 Å². The van der Waals surface area contributed by atoms with Crippen LogP contribution in [0, 0.1) is 0 Å². The SMILES string of the molecule is CCCCNC(N)=NCc1ccccc1CN(C)C1CCCCC1.I. The van der Waals surface area contributed by atoms with E-state index >= 15 is 0 Å². The summed E-state index contributed by atoms with van der Waals surface area (Å²) in [6, 6.07) is 9.35. The number of unbranched alkanes of at least 4 members (excludes halogenated alkanes) is 1. The highest BCUT2D eigenvalue weighted by atomic mass is 127. The molecule has 2 rings (SSSR count). The van der Waals surface area contributed by atoms with Crippen LogP contribution in [0.25, 0.3) is 0 Å². The summed E-state index contributed by atoms with van der Waals surface area (Å²) in [5.41, 5.74) is 8.61. The minimum atomic E-state index is 0. The lowest BCUT2D eigenvalue weighted by Gasteiger charge is -2.31. The molecule has 5 heteroatoms. The molecule has 0 spiro atoms. The fraction of sp³-hybridized carbons (Fsp3) is 0.650. The van der Waals surface area contributed by atoms with E-state index in [1.165, 1.54) is 43.2 Å². The number of guanidine groups is 1. The van der Waals surface area contributed by atoms with Crippen LogP contribution in [0.1, 0.15) is 63.0 Å². The first kappa shape index (κ1) is 22.2. The van der Waals surface area contributed by atoms with Crippen LogP contribution in [0.3, 0.4) is 0 Å². The summed E-state index contributed by atoms with van der Waals surface area (Å²) in [6.07, 6.45) is 9.12. The Morgan fingerprint density at radius 2 is 1.88 bits per heavy atom. The predicted molar refractivity (Wildman–Crippen MR) is 118 cm³/mol. The van der Waals surface area contributed by atoms with Crippen molar-refractivity contribution in [2.24, 2.45) is 10.7 Å². The summed E-state index contributed by atoms with van der Waals surface area (Å²) in [4.78, 5) is 7.03. The van der Waals surface area contributed by atoms with Gasteiger partial charge in [-0.05, 0) is 37.4 Å². The van der Waals surface area contributed by atoms with E-state index in [1.54, 1.807) is 0 Å². The van der Waals surface area contributed by atoms with Crippen LogP contribution in [0.5, 0.6) is 0 Å². The molecule has 4 nitrogen and oxygen atoms in total. The highest BCUT2D eigenvalue weighted by Crippen LogP contribution is 2.23. The molecule has 1 aromatic carbocycles. The average Bonchev–Trinajstić information content (AvgIpc) is 2.62. The molecule has 3 N–H and O–H groups in total. The fourth-order valence-electron chi connectivity index (χ4n) is 3.41. The number of halogens is 1. The van der Waals surface area contributed by atoms with Crippen molar-refractivity contribution < 1.29 is 0 Å². The smallest absolute Gasteiger partial charge is 0.188 e. The summed E-state index contributed by atoms with van der Waals surface area (Å²) in [5, 5.41) is 3.18. The highest BCUT2D eigenvalue weighted by Gasteiger charge is 2.18. The lowest BCUT2D eigenvalue weighted by Crippen LogP contribution is -2.33. The molecular formula is C20H35IN4. The van der Waals surface area contributed by atoms with E-state index in [1.807, 2.05) is 0 Å². The predicted octanol–water partition coefficient (Wildman–Crippen LogP) is 4.27. The molecule has 0 aliphatic heterocycles. The molecule has 0 amide bonds. The van der Waals surface area contributed by atoms with Crippen LogP contribution >= 0.6 is 24.0 Å². The highest BCUT2D eigenvalue weighted by molar-refractivity contribution is 14.0. The van der Waals surface area contributed by atoms with Crippen LogP contribution in [-0.2, 0) is 13.1 Å². The Morgan fingerprint density at radius 1 is 1.20 bits per heavy atom. The van der Waals surface area contributed by atoms with Gasteiger partial charge in [0.25, 0.3) is 0 Å². The second-order valence-corrected chi connectivity index (χ2v) is 6.96. The molecule has 1 aliphatic rings. The molecule has 1 aromatic rings. The zero-order valence-corrected chi connectivity index (χ0v) is 18.2. The number of nitrogens with two attached hydrogens (primary N) is 1. The Kier molecular flexibility index (Phi) is 11.1. The van der Waals surface area contributed by atoms with Gasteiger partial charge < -0.3 is 11.1 Å².